The third kappa shape index (κ3) is 7.54. The van der Waals surface area contributed by atoms with E-state index in [2.05, 4.69) is 11.1 Å². The second kappa shape index (κ2) is 9.28. The van der Waals surface area contributed by atoms with Crippen LogP contribution in [0, 0.1) is 6.07 Å². The van der Waals surface area contributed by atoms with Crippen LogP contribution in [0.4, 0.5) is 5.69 Å². The molecule has 0 atom stereocenters. The molecule has 0 spiro atoms. The molecule has 0 saturated carbocycles. The van der Waals surface area contributed by atoms with Crippen LogP contribution in [0.3, 0.4) is 0 Å². The Morgan fingerprint density at radius 3 is 2.38 bits per heavy atom. The van der Waals surface area contributed by atoms with Gasteiger partial charge in [0.2, 0.25) is 0 Å². The van der Waals surface area contributed by atoms with Gasteiger partial charge in [0.25, 0.3) is 0 Å². The Balaban J connectivity index is 0. The maximum absolute atomic E-state index is 8.24. The number of aliphatic hydroxyl groups excluding tert-OH is 1. The van der Waals surface area contributed by atoms with Crippen molar-refractivity contribution < 1.29 is 9.90 Å². The first-order valence-corrected chi connectivity index (χ1v) is 3.22. The van der Waals surface area contributed by atoms with Crippen molar-refractivity contribution in [2.75, 3.05) is 19.0 Å². The molecule has 0 unspecified atom stereocenters. The fourth-order valence-electron chi connectivity index (χ4n) is 0.586. The third-order valence-corrected chi connectivity index (χ3v) is 1.09. The summed E-state index contributed by atoms with van der Waals surface area (Å²) in [6.07, 6.45) is 3.42. The summed E-state index contributed by atoms with van der Waals surface area (Å²) >= 11 is 0. The molecule has 66 valence electrons. The van der Waals surface area contributed by atoms with E-state index in [0.717, 1.165) is 5.69 Å². The van der Waals surface area contributed by atoms with Crippen LogP contribution in [-0.4, -0.2) is 53.7 Å². The molecule has 0 bridgehead atoms. The van der Waals surface area contributed by atoms with Crippen molar-refractivity contribution in [2.24, 2.45) is 0 Å². The summed E-state index contributed by atoms with van der Waals surface area (Å²) in [5, 5.41) is 6.76. The topological polar surface area (TPSA) is 53.4 Å². The van der Waals surface area contributed by atoms with Crippen molar-refractivity contribution in [3.8, 4) is 0 Å². The van der Waals surface area contributed by atoms with Crippen molar-refractivity contribution in [2.45, 2.75) is 0 Å². The van der Waals surface area contributed by atoms with E-state index in [-0.39, 0.29) is 23.1 Å². The number of hydrogen-bond acceptors (Lipinski definition) is 3. The predicted molar refractivity (Wildman–Crippen MR) is 51.5 cm³/mol. The molecule has 1 aromatic heterocycles. The van der Waals surface area contributed by atoms with Crippen LogP contribution in [0.2, 0.25) is 0 Å². The molecule has 0 saturated heterocycles. The first-order chi connectivity index (χ1) is 5.72. The zero-order valence-electron chi connectivity index (χ0n) is 7.69. The number of aromatic nitrogens is 1. The average Bonchev–Trinajstić information content (AvgIpc) is 2.07. The molecule has 1 aromatic rings. The Labute approximate surface area is 93.7 Å². The number of rotatable bonds is 1. The van der Waals surface area contributed by atoms with Crippen LogP contribution in [0.25, 0.3) is 0 Å². The van der Waals surface area contributed by atoms with Crippen molar-refractivity contribution >= 4 is 35.2 Å². The van der Waals surface area contributed by atoms with E-state index in [1.807, 2.05) is 25.1 Å². The predicted octanol–water partition coefficient (Wildman–Crippen LogP) is 0.179. The van der Waals surface area contributed by atoms with Gasteiger partial charge in [-0.2, -0.15) is 6.07 Å². The quantitative estimate of drug-likeness (QED) is 0.507. The van der Waals surface area contributed by atoms with Crippen LogP contribution < -0.4 is 4.90 Å². The first kappa shape index (κ1) is 14.7. The standard InChI is InChI=1S/C7H9N2.CHO2.Mg/c1-9(2)7-3-5-8-6-4-7;2-1-3;/h3,5-6H,1-2H3;(H,2,3);/q2*-1;+2. The minimum absolute atomic E-state index is 0. The minimum Gasteiger partial charge on any atom is -0.665 e. The molecule has 0 aliphatic heterocycles. The molecule has 0 aromatic carbocycles. The van der Waals surface area contributed by atoms with Gasteiger partial charge in [0.1, 0.15) is 0 Å². The van der Waals surface area contributed by atoms with E-state index in [9.17, 15) is 0 Å². The summed E-state index contributed by atoms with van der Waals surface area (Å²) in [6.45, 7) is 0.500. The maximum atomic E-state index is 8.24. The molecule has 5 heteroatoms. The molecule has 1 rings (SSSR count). The zero-order valence-corrected chi connectivity index (χ0v) is 9.10. The van der Waals surface area contributed by atoms with Gasteiger partial charge in [-0.15, -0.1) is 5.69 Å². The van der Waals surface area contributed by atoms with E-state index in [1.165, 1.54) is 0 Å². The van der Waals surface area contributed by atoms with Crippen molar-refractivity contribution in [1.82, 2.24) is 4.98 Å². The Morgan fingerprint density at radius 2 is 2.15 bits per heavy atom. The molecule has 4 nitrogen and oxygen atoms in total. The molecule has 0 radical (unpaired) electrons. The number of pyridine rings is 1. The maximum Gasteiger partial charge on any atom is 2.00 e. The van der Waals surface area contributed by atoms with Gasteiger partial charge in [0, 0.05) is 14.1 Å². The Bertz CT molecular complexity index is 217. The van der Waals surface area contributed by atoms with Gasteiger partial charge in [-0.05, 0) is 0 Å². The van der Waals surface area contributed by atoms with Crippen LogP contribution in [0.1, 0.15) is 0 Å². The van der Waals surface area contributed by atoms with E-state index >= 15 is 0 Å². The summed E-state index contributed by atoms with van der Waals surface area (Å²) in [5.41, 5.74) is 1.06. The van der Waals surface area contributed by atoms with Crippen LogP contribution in [-0.2, 0) is 4.79 Å². The van der Waals surface area contributed by atoms with Crippen LogP contribution >= 0.6 is 0 Å². The number of nitrogens with zero attached hydrogens (tertiary/aromatic N) is 2. The number of hydrogen-bond donors (Lipinski definition) is 1. The van der Waals surface area contributed by atoms with Gasteiger partial charge in [-0.1, -0.05) is 18.9 Å². The molecule has 0 amide bonds. The fraction of sp³-hybridized carbons (Fsp3) is 0.250. The summed E-state index contributed by atoms with van der Waals surface area (Å²) in [5.74, 6) is 0. The second-order valence-corrected chi connectivity index (χ2v) is 2.11. The Hall–Kier alpha value is -0.814. The monoisotopic (exact) mass is 190 g/mol. The second-order valence-electron chi connectivity index (χ2n) is 2.11. The van der Waals surface area contributed by atoms with Gasteiger partial charge >= 0.3 is 23.1 Å². The van der Waals surface area contributed by atoms with Crippen molar-refractivity contribution in [3.63, 3.8) is 0 Å². The molecule has 13 heavy (non-hydrogen) atoms. The zero-order chi connectivity index (χ0) is 9.40. The largest absolute Gasteiger partial charge is 2.00 e. The van der Waals surface area contributed by atoms with Crippen LogP contribution in [0.5, 0.6) is 0 Å². The van der Waals surface area contributed by atoms with Gasteiger partial charge in [-0.3, -0.25) is 0 Å². The normalized spacial score (nSPS) is 7.23. The smallest absolute Gasteiger partial charge is 0.665 e. The number of anilines is 1. The molecule has 0 aliphatic rings. The molecule has 1 N–H and O–H groups in total. The third-order valence-electron chi connectivity index (χ3n) is 1.09. The SMILES string of the molecule is CN(C)c1[c-]cncc1.O=[C-]O.[Mg+2]. The summed E-state index contributed by atoms with van der Waals surface area (Å²) < 4.78 is 0. The van der Waals surface area contributed by atoms with Crippen molar-refractivity contribution in [3.05, 3.63) is 24.5 Å². The summed E-state index contributed by atoms with van der Waals surface area (Å²) in [7, 11) is 3.96. The van der Waals surface area contributed by atoms with Crippen LogP contribution in [0.15, 0.2) is 18.5 Å². The van der Waals surface area contributed by atoms with E-state index < -0.39 is 0 Å². The molecule has 1 heterocycles. The molecular formula is C8H10MgN2O2. The van der Waals surface area contributed by atoms with E-state index in [0.29, 0.717) is 6.47 Å². The summed E-state index contributed by atoms with van der Waals surface area (Å²) in [6, 6.07) is 4.90. The van der Waals surface area contributed by atoms with Gasteiger partial charge in [0.15, 0.2) is 0 Å². The van der Waals surface area contributed by atoms with Gasteiger partial charge in [0.05, 0.1) is 0 Å². The van der Waals surface area contributed by atoms with Gasteiger partial charge < -0.3 is 19.8 Å². The first-order valence-electron chi connectivity index (χ1n) is 3.22. The Morgan fingerprint density at radius 1 is 1.62 bits per heavy atom. The summed E-state index contributed by atoms with van der Waals surface area (Å²) in [4.78, 5) is 14.1. The Kier molecular flexibility index (Phi) is 10.5. The molecular weight excluding hydrogens is 180 g/mol. The molecule has 0 aliphatic carbocycles. The average molecular weight is 190 g/mol. The minimum atomic E-state index is 0. The van der Waals surface area contributed by atoms with Gasteiger partial charge in [-0.25, -0.2) is 6.07 Å². The van der Waals surface area contributed by atoms with E-state index in [1.54, 1.807) is 12.4 Å². The fourth-order valence-corrected chi connectivity index (χ4v) is 0.586. The van der Waals surface area contributed by atoms with Crippen molar-refractivity contribution in [1.29, 1.82) is 0 Å². The molecule has 0 fully saturated rings. The van der Waals surface area contributed by atoms with E-state index in [4.69, 9.17) is 9.90 Å².